The average molecular weight is 499 g/mol. The third kappa shape index (κ3) is 4.48. The highest BCUT2D eigenvalue weighted by Crippen LogP contribution is 2.54. The standard InChI is InChI=1S/C26H24Cl2N2O2S/c1-31-20-12-10-19(11-13-20)25-23(18-6-3-2-4-7-18)26(29-14-16-32-17-15-29)30(33-25)24-21(27)8-5-9-22(24)28/h2-13,26H,14-17H2,1H3. The Hall–Kier alpha value is -2.15. The van der Waals surface area contributed by atoms with E-state index in [1.165, 1.54) is 16.0 Å². The maximum absolute atomic E-state index is 6.72. The zero-order valence-corrected chi connectivity index (χ0v) is 20.5. The predicted octanol–water partition coefficient (Wildman–Crippen LogP) is 6.70. The minimum absolute atomic E-state index is 0.0456. The first-order valence-electron chi connectivity index (χ1n) is 10.8. The number of hydrogen-bond acceptors (Lipinski definition) is 5. The molecule has 0 amide bonds. The van der Waals surface area contributed by atoms with Crippen molar-refractivity contribution in [2.24, 2.45) is 0 Å². The van der Waals surface area contributed by atoms with Gasteiger partial charge in [0.25, 0.3) is 0 Å². The van der Waals surface area contributed by atoms with Crippen LogP contribution in [0.1, 0.15) is 11.1 Å². The molecule has 5 rings (SSSR count). The smallest absolute Gasteiger partial charge is 0.121 e. The van der Waals surface area contributed by atoms with Gasteiger partial charge < -0.3 is 9.47 Å². The number of benzene rings is 3. The Morgan fingerprint density at radius 2 is 1.52 bits per heavy atom. The lowest BCUT2D eigenvalue weighted by atomic mass is 9.98. The maximum atomic E-state index is 6.72. The van der Waals surface area contributed by atoms with Crippen molar-refractivity contribution in [2.45, 2.75) is 6.17 Å². The molecule has 3 aromatic carbocycles. The summed E-state index contributed by atoms with van der Waals surface area (Å²) in [7, 11) is 1.68. The molecule has 1 unspecified atom stereocenters. The summed E-state index contributed by atoms with van der Waals surface area (Å²) in [6.45, 7) is 3.06. The number of hydrogen-bond donors (Lipinski definition) is 0. The molecular formula is C26H24Cl2N2O2S. The second kappa shape index (κ2) is 10.00. The number of methoxy groups -OCH3 is 1. The van der Waals surface area contributed by atoms with Crippen molar-refractivity contribution in [3.63, 3.8) is 0 Å². The van der Waals surface area contributed by atoms with Gasteiger partial charge in [-0.1, -0.05) is 71.7 Å². The van der Waals surface area contributed by atoms with E-state index in [2.05, 4.69) is 45.6 Å². The van der Waals surface area contributed by atoms with Gasteiger partial charge in [-0.25, -0.2) is 0 Å². The number of ether oxygens (including phenoxy) is 2. The van der Waals surface area contributed by atoms with Crippen LogP contribution in [0, 0.1) is 0 Å². The number of morpholine rings is 1. The Morgan fingerprint density at radius 1 is 0.848 bits per heavy atom. The summed E-state index contributed by atoms with van der Waals surface area (Å²) < 4.78 is 13.3. The normalized spacial score (nSPS) is 19.2. The van der Waals surface area contributed by atoms with Crippen molar-refractivity contribution < 1.29 is 9.47 Å². The molecule has 2 heterocycles. The molecule has 2 aliphatic heterocycles. The van der Waals surface area contributed by atoms with Crippen LogP contribution < -0.4 is 9.04 Å². The predicted molar refractivity (Wildman–Crippen MR) is 139 cm³/mol. The van der Waals surface area contributed by atoms with Gasteiger partial charge in [-0.15, -0.1) is 0 Å². The van der Waals surface area contributed by atoms with Crippen LogP contribution in [0.5, 0.6) is 5.75 Å². The largest absolute Gasteiger partial charge is 0.497 e. The van der Waals surface area contributed by atoms with Crippen molar-refractivity contribution in [3.8, 4) is 5.75 Å². The van der Waals surface area contributed by atoms with Crippen LogP contribution in [0.25, 0.3) is 10.5 Å². The number of nitrogens with zero attached hydrogens (tertiary/aromatic N) is 2. The van der Waals surface area contributed by atoms with Crippen molar-refractivity contribution in [1.82, 2.24) is 4.90 Å². The molecule has 7 heteroatoms. The lowest BCUT2D eigenvalue weighted by Crippen LogP contribution is -2.49. The third-order valence-corrected chi connectivity index (χ3v) is 7.73. The fourth-order valence-electron chi connectivity index (χ4n) is 4.30. The number of halogens is 2. The Labute approximate surface area is 208 Å². The van der Waals surface area contributed by atoms with Crippen molar-refractivity contribution in [1.29, 1.82) is 0 Å². The first-order valence-corrected chi connectivity index (χ1v) is 12.4. The molecule has 4 nitrogen and oxygen atoms in total. The molecule has 1 atom stereocenters. The molecule has 1 saturated heterocycles. The molecule has 3 aromatic rings. The van der Waals surface area contributed by atoms with E-state index in [-0.39, 0.29) is 6.17 Å². The molecule has 0 aromatic heterocycles. The van der Waals surface area contributed by atoms with Crippen LogP contribution in [0.15, 0.2) is 72.8 Å². The summed E-state index contributed by atoms with van der Waals surface area (Å²) in [6, 6.07) is 24.5. The molecule has 2 aliphatic rings. The van der Waals surface area contributed by atoms with Gasteiger partial charge in [0.2, 0.25) is 0 Å². The zero-order valence-electron chi connectivity index (χ0n) is 18.2. The average Bonchev–Trinajstić information content (AvgIpc) is 3.25. The van der Waals surface area contributed by atoms with E-state index in [9.17, 15) is 0 Å². The van der Waals surface area contributed by atoms with Crippen molar-refractivity contribution in [2.75, 3.05) is 37.7 Å². The fourth-order valence-corrected chi connectivity index (χ4v) is 6.37. The van der Waals surface area contributed by atoms with E-state index in [0.717, 1.165) is 30.1 Å². The van der Waals surface area contributed by atoms with Gasteiger partial charge in [0.05, 0.1) is 36.1 Å². The van der Waals surface area contributed by atoms with E-state index in [4.69, 9.17) is 32.7 Å². The molecule has 0 spiro atoms. The summed E-state index contributed by atoms with van der Waals surface area (Å²) in [6.07, 6.45) is -0.0456. The number of rotatable bonds is 5. The van der Waals surface area contributed by atoms with Gasteiger partial charge in [0.1, 0.15) is 11.9 Å². The molecule has 0 radical (unpaired) electrons. The molecule has 33 heavy (non-hydrogen) atoms. The SMILES string of the molecule is COc1ccc(C2=C(c3ccccc3)C(N3CCOCC3)N(c3c(Cl)cccc3Cl)S2)cc1. The van der Waals surface area contributed by atoms with Gasteiger partial charge in [0, 0.05) is 23.6 Å². The van der Waals surface area contributed by atoms with E-state index >= 15 is 0 Å². The van der Waals surface area contributed by atoms with Gasteiger partial charge >= 0.3 is 0 Å². The van der Waals surface area contributed by atoms with Gasteiger partial charge in [-0.05, 0) is 47.3 Å². The Kier molecular flexibility index (Phi) is 6.86. The molecule has 1 fully saturated rings. The summed E-state index contributed by atoms with van der Waals surface area (Å²) in [5.41, 5.74) is 4.38. The summed E-state index contributed by atoms with van der Waals surface area (Å²) in [5, 5.41) is 1.27. The minimum atomic E-state index is -0.0456. The van der Waals surface area contributed by atoms with E-state index in [1.54, 1.807) is 19.1 Å². The summed E-state index contributed by atoms with van der Waals surface area (Å²) in [4.78, 5) is 3.63. The lowest BCUT2D eigenvalue weighted by molar-refractivity contribution is 0.0299. The van der Waals surface area contributed by atoms with E-state index in [1.807, 2.05) is 36.4 Å². The quantitative estimate of drug-likeness (QED) is 0.364. The first kappa shape index (κ1) is 22.6. The topological polar surface area (TPSA) is 24.9 Å². The van der Waals surface area contributed by atoms with Gasteiger partial charge in [0.15, 0.2) is 0 Å². The number of para-hydroxylation sites is 1. The molecular weight excluding hydrogens is 475 g/mol. The van der Waals surface area contributed by atoms with Crippen molar-refractivity contribution >= 4 is 51.3 Å². The summed E-state index contributed by atoms with van der Waals surface area (Å²) >= 11 is 15.1. The Bertz CT molecular complexity index is 1130. The van der Waals surface area contributed by atoms with E-state index in [0.29, 0.717) is 23.3 Å². The molecule has 0 bridgehead atoms. The maximum Gasteiger partial charge on any atom is 0.121 e. The van der Waals surface area contributed by atoms with Crippen LogP contribution in [-0.2, 0) is 4.74 Å². The van der Waals surface area contributed by atoms with Crippen LogP contribution in [-0.4, -0.2) is 44.5 Å². The van der Waals surface area contributed by atoms with E-state index < -0.39 is 0 Å². The molecule has 0 saturated carbocycles. The second-order valence-corrected chi connectivity index (χ2v) is 9.65. The highest BCUT2D eigenvalue weighted by atomic mass is 35.5. The second-order valence-electron chi connectivity index (χ2n) is 7.85. The molecule has 0 N–H and O–H groups in total. The van der Waals surface area contributed by atoms with Crippen LogP contribution in [0.2, 0.25) is 10.0 Å². The third-order valence-electron chi connectivity index (χ3n) is 5.90. The van der Waals surface area contributed by atoms with Crippen LogP contribution in [0.4, 0.5) is 5.69 Å². The van der Waals surface area contributed by atoms with Crippen LogP contribution >= 0.6 is 35.1 Å². The Morgan fingerprint density at radius 3 is 2.15 bits per heavy atom. The lowest BCUT2D eigenvalue weighted by Gasteiger charge is -2.39. The molecule has 170 valence electrons. The monoisotopic (exact) mass is 498 g/mol. The molecule has 0 aliphatic carbocycles. The van der Waals surface area contributed by atoms with Crippen molar-refractivity contribution in [3.05, 3.63) is 94.0 Å². The minimum Gasteiger partial charge on any atom is -0.497 e. The number of anilines is 1. The van der Waals surface area contributed by atoms with Crippen LogP contribution in [0.3, 0.4) is 0 Å². The Balaban J connectivity index is 1.70. The first-order chi connectivity index (χ1) is 16.2. The fraction of sp³-hybridized carbons (Fsp3) is 0.231. The highest BCUT2D eigenvalue weighted by molar-refractivity contribution is 8.10. The van der Waals surface area contributed by atoms with Gasteiger partial charge in [-0.3, -0.25) is 9.21 Å². The summed E-state index contributed by atoms with van der Waals surface area (Å²) in [5.74, 6) is 0.833. The highest BCUT2D eigenvalue weighted by Gasteiger charge is 2.41. The zero-order chi connectivity index (χ0) is 22.8. The van der Waals surface area contributed by atoms with Gasteiger partial charge in [-0.2, -0.15) is 0 Å².